The molecule has 0 fully saturated rings. The molecule has 8 heteroatoms. The van der Waals surface area contributed by atoms with Crippen LogP contribution in [0, 0.1) is 5.41 Å². The topological polar surface area (TPSA) is 79.9 Å². The van der Waals surface area contributed by atoms with Gasteiger partial charge in [-0.1, -0.05) is 47.6 Å². The van der Waals surface area contributed by atoms with Gasteiger partial charge in [0.25, 0.3) is 0 Å². The molecular formula is C27H39N3O4S. The molecule has 2 aromatic rings. The summed E-state index contributed by atoms with van der Waals surface area (Å²) in [6.07, 6.45) is 0.211. The van der Waals surface area contributed by atoms with Crippen molar-refractivity contribution in [3.8, 4) is 17.2 Å². The first kappa shape index (κ1) is 28.5. The minimum Gasteiger partial charge on any atom is -0.493 e. The third-order valence-electron chi connectivity index (χ3n) is 4.82. The van der Waals surface area contributed by atoms with Crippen LogP contribution < -0.4 is 20.2 Å². The van der Waals surface area contributed by atoms with E-state index in [1.54, 1.807) is 44.0 Å². The Kier molecular flexibility index (Phi) is 9.63. The molecule has 0 aliphatic carbocycles. The lowest BCUT2D eigenvalue weighted by Gasteiger charge is -2.21. The monoisotopic (exact) mass is 501 g/mol. The molecule has 0 aromatic heterocycles. The molecule has 7 nitrogen and oxygen atoms in total. The molecule has 0 radical (unpaired) electrons. The summed E-state index contributed by atoms with van der Waals surface area (Å²) in [4.78, 5) is 24.7. The van der Waals surface area contributed by atoms with Crippen LogP contribution in [0.3, 0.4) is 0 Å². The third kappa shape index (κ3) is 9.45. The van der Waals surface area contributed by atoms with Crippen LogP contribution in [-0.2, 0) is 21.8 Å². The van der Waals surface area contributed by atoms with Crippen molar-refractivity contribution in [1.82, 2.24) is 10.4 Å². The van der Waals surface area contributed by atoms with Gasteiger partial charge < -0.3 is 14.8 Å². The van der Waals surface area contributed by atoms with Crippen LogP contribution in [0.4, 0.5) is 5.69 Å². The number of hydrazine groups is 1. The van der Waals surface area contributed by atoms with Crippen LogP contribution in [0.5, 0.6) is 17.2 Å². The second-order valence-corrected chi connectivity index (χ2v) is 12.4. The predicted octanol–water partition coefficient (Wildman–Crippen LogP) is 5.64. The van der Waals surface area contributed by atoms with Crippen LogP contribution in [-0.4, -0.2) is 42.8 Å². The Balaban J connectivity index is 2.38. The number of rotatable bonds is 9. The van der Waals surface area contributed by atoms with E-state index in [1.807, 2.05) is 51.1 Å². The Bertz CT molecular complexity index is 1040. The van der Waals surface area contributed by atoms with Crippen molar-refractivity contribution in [2.75, 3.05) is 26.5 Å². The quantitative estimate of drug-likeness (QED) is 0.433. The molecule has 192 valence electrons. The molecule has 0 unspecified atom stereocenters. The number of anilines is 1. The maximum absolute atomic E-state index is 12.5. The molecule has 0 saturated heterocycles. The predicted molar refractivity (Wildman–Crippen MR) is 144 cm³/mol. The van der Waals surface area contributed by atoms with E-state index in [0.717, 1.165) is 16.8 Å². The maximum Gasteiger partial charge on any atom is 0.238 e. The number of nitrogens with zero attached hydrogens (tertiary/aromatic N) is 1. The van der Waals surface area contributed by atoms with Gasteiger partial charge in [-0.05, 0) is 35.9 Å². The maximum atomic E-state index is 12.5. The van der Waals surface area contributed by atoms with E-state index in [4.69, 9.17) is 9.47 Å². The van der Waals surface area contributed by atoms with Crippen molar-refractivity contribution >= 4 is 29.3 Å². The second-order valence-electron chi connectivity index (χ2n) is 10.6. The fourth-order valence-corrected chi connectivity index (χ4v) is 3.80. The first-order valence-electron chi connectivity index (χ1n) is 11.6. The Morgan fingerprint density at radius 2 is 1.60 bits per heavy atom. The molecule has 2 aromatic carbocycles. The lowest BCUT2D eigenvalue weighted by molar-refractivity contribution is -0.124. The Morgan fingerprint density at radius 3 is 2.17 bits per heavy atom. The molecule has 2 N–H and O–H groups in total. The number of methoxy groups -OCH3 is 1. The third-order valence-corrected chi connectivity index (χ3v) is 6.14. The highest BCUT2D eigenvalue weighted by atomic mass is 32.2. The summed E-state index contributed by atoms with van der Waals surface area (Å²) in [7, 11) is 5.12. The number of ether oxygens (including phenoxy) is 2. The summed E-state index contributed by atoms with van der Waals surface area (Å²) in [6.45, 7) is 12.1. The highest BCUT2D eigenvalue weighted by Crippen LogP contribution is 2.38. The van der Waals surface area contributed by atoms with Gasteiger partial charge in [-0.15, -0.1) is 0 Å². The number of amides is 2. The van der Waals surface area contributed by atoms with E-state index in [0.29, 0.717) is 23.0 Å². The van der Waals surface area contributed by atoms with Crippen molar-refractivity contribution in [3.63, 3.8) is 0 Å². The number of hydrogen-bond acceptors (Lipinski definition) is 6. The average molecular weight is 502 g/mol. The molecule has 0 bridgehead atoms. The number of benzene rings is 2. The van der Waals surface area contributed by atoms with Gasteiger partial charge in [0, 0.05) is 41.3 Å². The summed E-state index contributed by atoms with van der Waals surface area (Å²) < 4.78 is 11.9. The Hall–Kier alpha value is -2.71. The van der Waals surface area contributed by atoms with Crippen molar-refractivity contribution < 1.29 is 19.1 Å². The van der Waals surface area contributed by atoms with Gasteiger partial charge in [0.05, 0.1) is 13.5 Å². The van der Waals surface area contributed by atoms with Gasteiger partial charge in [-0.25, -0.2) is 5.01 Å². The lowest BCUT2D eigenvalue weighted by atomic mass is 9.95. The molecule has 0 spiro atoms. The van der Waals surface area contributed by atoms with Crippen LogP contribution in [0.25, 0.3) is 0 Å². The van der Waals surface area contributed by atoms with Crippen LogP contribution >= 0.6 is 11.8 Å². The highest BCUT2D eigenvalue weighted by Gasteiger charge is 2.22. The van der Waals surface area contributed by atoms with Gasteiger partial charge in [0.2, 0.25) is 11.8 Å². The fourth-order valence-electron chi connectivity index (χ4n) is 2.99. The van der Waals surface area contributed by atoms with Gasteiger partial charge in [-0.3, -0.25) is 15.0 Å². The van der Waals surface area contributed by atoms with Gasteiger partial charge in [-0.2, -0.15) is 11.8 Å². The normalized spacial score (nSPS) is 11.8. The van der Waals surface area contributed by atoms with E-state index < -0.39 is 5.41 Å². The molecule has 2 amide bonds. The molecule has 0 atom stereocenters. The Labute approximate surface area is 213 Å². The van der Waals surface area contributed by atoms with Gasteiger partial charge in [0.15, 0.2) is 11.5 Å². The molecular weight excluding hydrogens is 462 g/mol. The molecule has 2 rings (SSSR count). The zero-order valence-electron chi connectivity index (χ0n) is 22.4. The van der Waals surface area contributed by atoms with E-state index in [9.17, 15) is 9.59 Å². The first-order chi connectivity index (χ1) is 16.2. The second kappa shape index (κ2) is 11.8. The molecule has 0 saturated carbocycles. The van der Waals surface area contributed by atoms with E-state index in [2.05, 4.69) is 31.5 Å². The van der Waals surface area contributed by atoms with Crippen LogP contribution in [0.2, 0.25) is 0 Å². The summed E-state index contributed by atoms with van der Waals surface area (Å²) in [5, 5.41) is 4.62. The van der Waals surface area contributed by atoms with Gasteiger partial charge >= 0.3 is 0 Å². The largest absolute Gasteiger partial charge is 0.493 e. The summed E-state index contributed by atoms with van der Waals surface area (Å²) >= 11 is 1.79. The molecule has 0 aliphatic rings. The SMILES string of the molecule is COc1ccc(CC(=O)NN(C)C)cc1Oc1ccc(NC(=O)C(C)(C)C)cc1CSC(C)(C)C. The molecule has 0 heterocycles. The fraction of sp³-hybridized carbons (Fsp3) is 0.481. The molecule has 35 heavy (non-hydrogen) atoms. The minimum atomic E-state index is -0.498. The summed E-state index contributed by atoms with van der Waals surface area (Å²) in [5.41, 5.74) is 4.73. The van der Waals surface area contributed by atoms with Crippen molar-refractivity contribution in [2.24, 2.45) is 5.41 Å². The van der Waals surface area contributed by atoms with Crippen molar-refractivity contribution in [1.29, 1.82) is 0 Å². The minimum absolute atomic E-state index is 0.0500. The summed E-state index contributed by atoms with van der Waals surface area (Å²) in [5.74, 6) is 2.30. The van der Waals surface area contributed by atoms with Crippen LogP contribution in [0.1, 0.15) is 52.7 Å². The van der Waals surface area contributed by atoms with Gasteiger partial charge in [0.1, 0.15) is 5.75 Å². The smallest absolute Gasteiger partial charge is 0.238 e. The van der Waals surface area contributed by atoms with E-state index >= 15 is 0 Å². The average Bonchev–Trinajstić information content (AvgIpc) is 2.72. The first-order valence-corrected chi connectivity index (χ1v) is 12.6. The Morgan fingerprint density at radius 1 is 0.943 bits per heavy atom. The number of carbonyl (C=O) groups is 2. The number of carbonyl (C=O) groups excluding carboxylic acids is 2. The van der Waals surface area contributed by atoms with E-state index in [-0.39, 0.29) is 23.0 Å². The van der Waals surface area contributed by atoms with Crippen LogP contribution in [0.15, 0.2) is 36.4 Å². The molecule has 0 aliphatic heterocycles. The number of thioether (sulfide) groups is 1. The van der Waals surface area contributed by atoms with E-state index in [1.165, 1.54) is 0 Å². The van der Waals surface area contributed by atoms with Crippen molar-refractivity contribution in [3.05, 3.63) is 47.5 Å². The van der Waals surface area contributed by atoms with Crippen molar-refractivity contribution in [2.45, 2.75) is 58.5 Å². The zero-order chi connectivity index (χ0) is 26.4. The summed E-state index contributed by atoms with van der Waals surface area (Å²) in [6, 6.07) is 11.1. The lowest BCUT2D eigenvalue weighted by Crippen LogP contribution is -2.37. The number of nitrogens with one attached hydrogen (secondary N) is 2. The standard InChI is InChI=1S/C27H39N3O4S/c1-26(2,3)25(32)28-20-11-13-21(19(16-20)17-35-27(4,5)6)34-23-14-18(10-12-22(23)33-9)15-24(31)29-30(7)8/h10-14,16H,15,17H2,1-9H3,(H,28,32)(H,29,31). The zero-order valence-corrected chi connectivity index (χ0v) is 23.2. The highest BCUT2D eigenvalue weighted by molar-refractivity contribution is 7.99. The number of hydrogen-bond donors (Lipinski definition) is 2.